The molecule has 1 aliphatic heterocycles. The Kier molecular flexibility index (Phi) is 3.01. The second kappa shape index (κ2) is 3.58. The summed E-state index contributed by atoms with van der Waals surface area (Å²) in [5, 5.41) is 0.0613. The largest absolute Gasteiger partial charge is 0.306 e. The van der Waals surface area contributed by atoms with E-state index >= 15 is 0 Å². The van der Waals surface area contributed by atoms with Gasteiger partial charge in [-0.3, -0.25) is 0 Å². The minimum Gasteiger partial charge on any atom is -0.306 e. The lowest BCUT2D eigenvalue weighted by atomic mass is 10.2. The fourth-order valence-corrected chi connectivity index (χ4v) is 2.92. The van der Waals surface area contributed by atoms with Gasteiger partial charge in [0, 0.05) is 0 Å². The lowest BCUT2D eigenvalue weighted by molar-refractivity contribution is 0.539. The summed E-state index contributed by atoms with van der Waals surface area (Å²) in [6.45, 7) is 0. The predicted octanol–water partition coefficient (Wildman–Crippen LogP) is 1.10. The molecule has 0 bridgehead atoms. The molecule has 54 valence electrons. The number of hydrogen-bond donors (Lipinski definition) is 1. The fourth-order valence-electron chi connectivity index (χ4n) is 0.878. The van der Waals surface area contributed by atoms with E-state index in [1.165, 1.54) is 0 Å². The molecule has 1 saturated heterocycles. The average molecular weight is 166 g/mol. The molecule has 0 aromatic heterocycles. The maximum absolute atomic E-state index is 10.5. The molecule has 1 fully saturated rings. The van der Waals surface area contributed by atoms with Gasteiger partial charge in [-0.2, -0.15) is 11.8 Å². The van der Waals surface area contributed by atoms with Crippen LogP contribution in [0, 0.1) is 0 Å². The Bertz CT molecular complexity index is 110. The first-order chi connectivity index (χ1) is 4.30. The highest BCUT2D eigenvalue weighted by Crippen LogP contribution is 2.19. The Labute approximate surface area is 61.7 Å². The standard InChI is InChI=1S/C5H10O2S2/c6-9(7)5-1-3-8-4-2-5/h5H,1-4H2,(H,6,7). The molecule has 1 unspecified atom stereocenters. The molecule has 0 spiro atoms. The lowest BCUT2D eigenvalue weighted by Gasteiger charge is -2.16. The third-order valence-electron chi connectivity index (χ3n) is 1.45. The van der Waals surface area contributed by atoms with Gasteiger partial charge >= 0.3 is 0 Å². The van der Waals surface area contributed by atoms with Gasteiger partial charge in [0.15, 0.2) is 11.1 Å². The summed E-state index contributed by atoms with van der Waals surface area (Å²) in [4.78, 5) is 0. The van der Waals surface area contributed by atoms with E-state index in [4.69, 9.17) is 4.55 Å². The zero-order valence-corrected chi connectivity index (χ0v) is 6.71. The number of thioether (sulfide) groups is 1. The van der Waals surface area contributed by atoms with Crippen LogP contribution < -0.4 is 0 Å². The van der Waals surface area contributed by atoms with Gasteiger partial charge in [-0.05, 0) is 24.3 Å². The van der Waals surface area contributed by atoms with Gasteiger partial charge in [0.2, 0.25) is 0 Å². The monoisotopic (exact) mass is 166 g/mol. The van der Waals surface area contributed by atoms with Crippen molar-refractivity contribution in [3.63, 3.8) is 0 Å². The molecule has 1 N–H and O–H groups in total. The Morgan fingerprint density at radius 2 is 2.00 bits per heavy atom. The van der Waals surface area contributed by atoms with Crippen LogP contribution in [-0.4, -0.2) is 25.5 Å². The molecule has 2 nitrogen and oxygen atoms in total. The van der Waals surface area contributed by atoms with Crippen LogP contribution >= 0.6 is 11.8 Å². The molecule has 1 atom stereocenters. The van der Waals surface area contributed by atoms with E-state index in [1.54, 1.807) is 0 Å². The van der Waals surface area contributed by atoms with Gasteiger partial charge in [0.25, 0.3) is 0 Å². The topological polar surface area (TPSA) is 37.3 Å². The molecular weight excluding hydrogens is 156 g/mol. The van der Waals surface area contributed by atoms with E-state index in [0.717, 1.165) is 24.3 Å². The molecule has 0 radical (unpaired) electrons. The third kappa shape index (κ3) is 2.27. The summed E-state index contributed by atoms with van der Waals surface area (Å²) in [5.41, 5.74) is 0. The van der Waals surface area contributed by atoms with E-state index in [0.29, 0.717) is 0 Å². The molecule has 0 aromatic carbocycles. The van der Waals surface area contributed by atoms with Gasteiger partial charge in [0.1, 0.15) is 0 Å². The Balaban J connectivity index is 2.31. The minimum atomic E-state index is -1.57. The summed E-state index contributed by atoms with van der Waals surface area (Å²) in [6, 6.07) is 0. The maximum atomic E-state index is 10.5. The van der Waals surface area contributed by atoms with Crippen molar-refractivity contribution in [3.8, 4) is 0 Å². The fraction of sp³-hybridized carbons (Fsp3) is 1.00. The first kappa shape index (κ1) is 7.57. The molecule has 0 aliphatic carbocycles. The highest BCUT2D eigenvalue weighted by atomic mass is 32.2. The molecule has 0 saturated carbocycles. The normalized spacial score (nSPS) is 25.9. The van der Waals surface area contributed by atoms with Crippen LogP contribution in [-0.2, 0) is 11.1 Å². The number of hydrogen-bond acceptors (Lipinski definition) is 2. The Hall–Kier alpha value is 0.460. The van der Waals surface area contributed by atoms with Crippen molar-refractivity contribution in [2.75, 3.05) is 11.5 Å². The van der Waals surface area contributed by atoms with Crippen LogP contribution in [0.25, 0.3) is 0 Å². The van der Waals surface area contributed by atoms with E-state index in [1.807, 2.05) is 11.8 Å². The van der Waals surface area contributed by atoms with Gasteiger partial charge in [-0.1, -0.05) is 0 Å². The molecule has 1 heterocycles. The van der Waals surface area contributed by atoms with Crippen LogP contribution in [0.2, 0.25) is 0 Å². The molecule has 4 heteroatoms. The summed E-state index contributed by atoms with van der Waals surface area (Å²) in [5.74, 6) is 2.11. The third-order valence-corrected chi connectivity index (χ3v) is 3.54. The summed E-state index contributed by atoms with van der Waals surface area (Å²) in [7, 11) is 0. The van der Waals surface area contributed by atoms with Crippen molar-refractivity contribution in [3.05, 3.63) is 0 Å². The smallest absolute Gasteiger partial charge is 0.156 e. The minimum absolute atomic E-state index is 0.0613. The second-order valence-corrected chi connectivity index (χ2v) is 4.53. The maximum Gasteiger partial charge on any atom is 0.156 e. The highest BCUT2D eigenvalue weighted by molar-refractivity contribution is 7.99. The molecule has 1 rings (SSSR count). The first-order valence-electron chi connectivity index (χ1n) is 2.98. The van der Waals surface area contributed by atoms with E-state index in [-0.39, 0.29) is 5.25 Å². The molecule has 1 aliphatic rings. The first-order valence-corrected chi connectivity index (χ1v) is 5.30. The van der Waals surface area contributed by atoms with Crippen molar-refractivity contribution >= 4 is 22.8 Å². The van der Waals surface area contributed by atoms with Crippen LogP contribution in [0.4, 0.5) is 0 Å². The average Bonchev–Trinajstić information content (AvgIpc) is 1.90. The zero-order valence-electron chi connectivity index (χ0n) is 5.08. The lowest BCUT2D eigenvalue weighted by Crippen LogP contribution is -2.20. The number of rotatable bonds is 1. The van der Waals surface area contributed by atoms with Gasteiger partial charge in [-0.15, -0.1) is 0 Å². The van der Waals surface area contributed by atoms with Crippen molar-refractivity contribution in [1.82, 2.24) is 0 Å². The van der Waals surface area contributed by atoms with Crippen LogP contribution in [0.5, 0.6) is 0 Å². The van der Waals surface area contributed by atoms with Crippen molar-refractivity contribution in [2.24, 2.45) is 0 Å². The molecule has 0 amide bonds. The summed E-state index contributed by atoms with van der Waals surface area (Å²) in [6.07, 6.45) is 1.82. The van der Waals surface area contributed by atoms with Gasteiger partial charge in [0.05, 0.1) is 5.25 Å². The van der Waals surface area contributed by atoms with Gasteiger partial charge in [-0.25, -0.2) is 4.21 Å². The van der Waals surface area contributed by atoms with Crippen LogP contribution in [0.1, 0.15) is 12.8 Å². The summed E-state index contributed by atoms with van der Waals surface area (Å²) >= 11 is 0.305. The molecule has 9 heavy (non-hydrogen) atoms. The zero-order chi connectivity index (χ0) is 6.69. The van der Waals surface area contributed by atoms with E-state index in [2.05, 4.69) is 0 Å². The Morgan fingerprint density at radius 3 is 2.33 bits per heavy atom. The van der Waals surface area contributed by atoms with Crippen molar-refractivity contribution in [1.29, 1.82) is 0 Å². The van der Waals surface area contributed by atoms with Crippen molar-refractivity contribution in [2.45, 2.75) is 18.1 Å². The predicted molar refractivity (Wildman–Crippen MR) is 41.1 cm³/mol. The van der Waals surface area contributed by atoms with Crippen LogP contribution in [0.3, 0.4) is 0 Å². The molecule has 0 aromatic rings. The Morgan fingerprint density at radius 1 is 1.44 bits per heavy atom. The van der Waals surface area contributed by atoms with Crippen molar-refractivity contribution < 1.29 is 8.76 Å². The van der Waals surface area contributed by atoms with E-state index in [9.17, 15) is 4.21 Å². The second-order valence-electron chi connectivity index (χ2n) is 2.09. The van der Waals surface area contributed by atoms with E-state index < -0.39 is 11.1 Å². The quantitative estimate of drug-likeness (QED) is 0.593. The highest BCUT2D eigenvalue weighted by Gasteiger charge is 2.17. The summed E-state index contributed by atoms with van der Waals surface area (Å²) < 4.78 is 19.1. The van der Waals surface area contributed by atoms with Crippen LogP contribution in [0.15, 0.2) is 0 Å². The SMILES string of the molecule is O=S(O)C1CCSCC1. The van der Waals surface area contributed by atoms with Gasteiger partial charge < -0.3 is 4.55 Å². The molecular formula is C5H10O2S2.